The van der Waals surface area contributed by atoms with Crippen molar-refractivity contribution in [2.45, 2.75) is 113 Å². The van der Waals surface area contributed by atoms with E-state index < -0.39 is 5.41 Å². The second-order valence-electron chi connectivity index (χ2n) is 17.0. The molecule has 9 atom stereocenters. The van der Waals surface area contributed by atoms with Gasteiger partial charge in [-0.1, -0.05) is 77.4 Å². The van der Waals surface area contributed by atoms with Gasteiger partial charge in [-0.15, -0.1) is 0 Å². The molecule has 43 heavy (non-hydrogen) atoms. The highest BCUT2D eigenvalue weighted by atomic mass is 35.5. The average molecular weight is 607 g/mol. The number of fused-ring (bicyclic) bond motifs is 7. The number of rotatable bonds is 4. The van der Waals surface area contributed by atoms with Gasteiger partial charge in [-0.25, -0.2) is 0 Å². The molecule has 1 aromatic carbocycles. The standard InChI is InChI=1S/C38H51ClO4/c1-33(2)25(31(39)41)13-15-36(5)29(33)14-16-38(7)30(36)28(40)21-26-27-22-35(4,18-17-34(27,3)19-20-37(26,38)6)32(42)43-23-24-11-9-8-10-12-24/h8-12,21,25,27,29-30H,13-20,22-23H2,1-7H3/t25-,27?,29?,30?,34-,35+,36+,37-,38?/m1/s1. The molecule has 6 rings (SSSR count). The van der Waals surface area contributed by atoms with Crippen molar-refractivity contribution in [2.75, 3.05) is 0 Å². The number of halogens is 1. The van der Waals surface area contributed by atoms with Crippen LogP contribution in [-0.4, -0.2) is 17.0 Å². The van der Waals surface area contributed by atoms with E-state index in [-0.39, 0.29) is 67.7 Å². The molecule has 4 fully saturated rings. The van der Waals surface area contributed by atoms with Gasteiger partial charge in [-0.05, 0) is 127 Å². The highest BCUT2D eigenvalue weighted by Crippen LogP contribution is 2.75. The van der Waals surface area contributed by atoms with Crippen LogP contribution in [0.4, 0.5) is 0 Å². The first kappa shape index (κ1) is 31.1. The number of hydrogen-bond acceptors (Lipinski definition) is 4. The number of hydrogen-bond donors (Lipinski definition) is 0. The number of carbonyl (C=O) groups excluding carboxylic acids is 3. The maximum Gasteiger partial charge on any atom is 0.312 e. The normalized spacial score (nSPS) is 45.0. The van der Waals surface area contributed by atoms with Crippen LogP contribution in [0.25, 0.3) is 0 Å². The first-order chi connectivity index (χ1) is 20.0. The molecule has 234 valence electrons. The van der Waals surface area contributed by atoms with Crippen molar-refractivity contribution in [3.8, 4) is 0 Å². The van der Waals surface area contributed by atoms with E-state index >= 15 is 0 Å². The molecule has 5 heteroatoms. The third-order valence-electron chi connectivity index (χ3n) is 14.6. The van der Waals surface area contributed by atoms with Crippen molar-refractivity contribution in [3.63, 3.8) is 0 Å². The largest absolute Gasteiger partial charge is 0.460 e. The third-order valence-corrected chi connectivity index (χ3v) is 14.9. The number of esters is 1. The summed E-state index contributed by atoms with van der Waals surface area (Å²) in [6.07, 6.45) is 10.4. The Labute approximate surface area is 263 Å². The first-order valence-electron chi connectivity index (χ1n) is 16.7. The molecule has 0 amide bonds. The summed E-state index contributed by atoms with van der Waals surface area (Å²) in [6.45, 7) is 16.4. The predicted molar refractivity (Wildman–Crippen MR) is 170 cm³/mol. The summed E-state index contributed by atoms with van der Waals surface area (Å²) in [5.74, 6) is 0.383. The zero-order valence-electron chi connectivity index (χ0n) is 27.4. The van der Waals surface area contributed by atoms with Gasteiger partial charge in [0.25, 0.3) is 0 Å². The van der Waals surface area contributed by atoms with Gasteiger partial charge in [-0.2, -0.15) is 0 Å². The van der Waals surface area contributed by atoms with Crippen LogP contribution in [0.1, 0.15) is 112 Å². The lowest BCUT2D eigenvalue weighted by Gasteiger charge is -2.70. The Kier molecular flexibility index (Phi) is 7.25. The minimum Gasteiger partial charge on any atom is -0.460 e. The Morgan fingerprint density at radius 1 is 0.884 bits per heavy atom. The lowest BCUT2D eigenvalue weighted by molar-refractivity contribution is -0.193. The van der Waals surface area contributed by atoms with Crippen LogP contribution >= 0.6 is 11.6 Å². The first-order valence-corrected chi connectivity index (χ1v) is 17.1. The zero-order chi connectivity index (χ0) is 31.2. The molecule has 0 aliphatic heterocycles. The minimum absolute atomic E-state index is 0.0756. The van der Waals surface area contributed by atoms with Gasteiger partial charge >= 0.3 is 5.97 Å². The van der Waals surface area contributed by atoms with Crippen LogP contribution in [0.5, 0.6) is 0 Å². The second kappa shape index (κ2) is 10.0. The Balaban J connectivity index is 1.33. The molecule has 0 N–H and O–H groups in total. The molecule has 0 bridgehead atoms. The van der Waals surface area contributed by atoms with Crippen molar-refractivity contribution >= 4 is 28.6 Å². The molecule has 0 saturated heterocycles. The fraction of sp³-hybridized carbons (Fsp3) is 0.711. The van der Waals surface area contributed by atoms with Crippen molar-refractivity contribution in [1.29, 1.82) is 0 Å². The molecule has 0 heterocycles. The molecular weight excluding hydrogens is 556 g/mol. The van der Waals surface area contributed by atoms with E-state index in [1.54, 1.807) is 0 Å². The second-order valence-corrected chi connectivity index (χ2v) is 17.4. The van der Waals surface area contributed by atoms with Crippen molar-refractivity contribution in [1.82, 2.24) is 0 Å². The van der Waals surface area contributed by atoms with E-state index in [2.05, 4.69) is 54.5 Å². The SMILES string of the molecule is CC1(C)C2CCC3(C)C(C(=O)C=C4C5C[C@@](C)(C(=O)OCc6ccccc6)CC[C@]5(C)CC[C@]43C)[C@@]2(C)CC[C@@H]1C(=O)Cl. The van der Waals surface area contributed by atoms with Gasteiger partial charge in [0.05, 0.1) is 5.41 Å². The summed E-state index contributed by atoms with van der Waals surface area (Å²) in [5, 5.41) is -0.223. The molecule has 1 aromatic rings. The number of benzene rings is 1. The number of allylic oxidation sites excluding steroid dienone is 2. The fourth-order valence-corrected chi connectivity index (χ4v) is 12.1. The van der Waals surface area contributed by atoms with E-state index in [0.29, 0.717) is 6.61 Å². The van der Waals surface area contributed by atoms with Crippen molar-refractivity contribution in [3.05, 3.63) is 47.5 Å². The minimum atomic E-state index is -0.570. The lowest BCUT2D eigenvalue weighted by atomic mass is 9.33. The molecule has 4 saturated carbocycles. The van der Waals surface area contributed by atoms with Gasteiger partial charge in [-0.3, -0.25) is 14.4 Å². The summed E-state index contributed by atoms with van der Waals surface area (Å²) in [6, 6.07) is 9.90. The maximum atomic E-state index is 14.6. The Morgan fingerprint density at radius 3 is 2.23 bits per heavy atom. The molecule has 5 aliphatic rings. The van der Waals surface area contributed by atoms with E-state index in [4.69, 9.17) is 16.3 Å². The summed E-state index contributed by atoms with van der Waals surface area (Å²) >= 11 is 6.15. The summed E-state index contributed by atoms with van der Waals surface area (Å²) < 4.78 is 5.93. The molecule has 0 spiro atoms. The van der Waals surface area contributed by atoms with Crippen LogP contribution in [-0.2, 0) is 25.7 Å². The molecule has 0 radical (unpaired) electrons. The maximum absolute atomic E-state index is 14.6. The summed E-state index contributed by atoms with van der Waals surface area (Å²) in [5.41, 5.74) is 1.11. The Bertz CT molecular complexity index is 1360. The number of ether oxygens (including phenoxy) is 1. The smallest absolute Gasteiger partial charge is 0.312 e. The molecular formula is C38H51ClO4. The van der Waals surface area contributed by atoms with Crippen LogP contribution in [0.3, 0.4) is 0 Å². The number of ketones is 1. The quantitative estimate of drug-likeness (QED) is 0.253. The van der Waals surface area contributed by atoms with E-state index in [0.717, 1.165) is 63.4 Å². The van der Waals surface area contributed by atoms with Crippen LogP contribution in [0.2, 0.25) is 0 Å². The average Bonchev–Trinajstić information content (AvgIpc) is 2.93. The van der Waals surface area contributed by atoms with Gasteiger partial charge in [0, 0.05) is 11.8 Å². The van der Waals surface area contributed by atoms with Crippen LogP contribution in [0.15, 0.2) is 42.0 Å². The monoisotopic (exact) mass is 606 g/mol. The summed E-state index contributed by atoms with van der Waals surface area (Å²) in [7, 11) is 0. The highest BCUT2D eigenvalue weighted by Gasteiger charge is 2.70. The molecule has 4 unspecified atom stereocenters. The Hall–Kier alpha value is -1.94. The van der Waals surface area contributed by atoms with E-state index in [1.165, 1.54) is 5.57 Å². The highest BCUT2D eigenvalue weighted by molar-refractivity contribution is 6.64. The van der Waals surface area contributed by atoms with Gasteiger partial charge in [0.1, 0.15) is 6.61 Å². The number of carbonyl (C=O) groups is 3. The molecule has 5 aliphatic carbocycles. The van der Waals surface area contributed by atoms with Crippen LogP contribution < -0.4 is 0 Å². The van der Waals surface area contributed by atoms with Crippen LogP contribution in [0, 0.1) is 56.2 Å². The topological polar surface area (TPSA) is 60.4 Å². The van der Waals surface area contributed by atoms with Crippen molar-refractivity contribution < 1.29 is 19.1 Å². The summed E-state index contributed by atoms with van der Waals surface area (Å²) in [4.78, 5) is 40.7. The third kappa shape index (κ3) is 4.38. The zero-order valence-corrected chi connectivity index (χ0v) is 28.1. The lowest BCUT2D eigenvalue weighted by Crippen LogP contribution is -2.66. The fourth-order valence-electron chi connectivity index (χ4n) is 11.7. The van der Waals surface area contributed by atoms with E-state index in [9.17, 15) is 14.4 Å². The molecule has 0 aromatic heterocycles. The molecule has 4 nitrogen and oxygen atoms in total. The Morgan fingerprint density at radius 2 is 1.56 bits per heavy atom. The van der Waals surface area contributed by atoms with Gasteiger partial charge < -0.3 is 4.74 Å². The van der Waals surface area contributed by atoms with E-state index in [1.807, 2.05) is 30.3 Å². The van der Waals surface area contributed by atoms with Crippen molar-refractivity contribution in [2.24, 2.45) is 56.2 Å². The predicted octanol–water partition coefficient (Wildman–Crippen LogP) is 9.09. The van der Waals surface area contributed by atoms with Gasteiger partial charge in [0.2, 0.25) is 5.24 Å². The van der Waals surface area contributed by atoms with Gasteiger partial charge in [0.15, 0.2) is 5.78 Å².